The molecule has 1 aromatic heterocycles. The number of nitrogens with zero attached hydrogens (tertiary/aromatic N) is 3. The van der Waals surface area contributed by atoms with Crippen LogP contribution in [0.5, 0.6) is 0 Å². The van der Waals surface area contributed by atoms with Gasteiger partial charge in [0.1, 0.15) is 5.02 Å². The maximum Gasteiger partial charge on any atom is 0.224 e. The van der Waals surface area contributed by atoms with Gasteiger partial charge in [0.05, 0.1) is 6.20 Å². The Balaban J connectivity index is 2.03. The second-order valence-corrected chi connectivity index (χ2v) is 5.20. The van der Waals surface area contributed by atoms with Crippen LogP contribution in [-0.2, 0) is 0 Å². The summed E-state index contributed by atoms with van der Waals surface area (Å²) in [5.74, 6) is 1.35. The maximum absolute atomic E-state index is 6.16. The van der Waals surface area contributed by atoms with Gasteiger partial charge in [-0.05, 0) is 32.9 Å². The van der Waals surface area contributed by atoms with E-state index in [0.29, 0.717) is 17.0 Å². The molecule has 5 nitrogen and oxygen atoms in total. The molecule has 2 heterocycles. The van der Waals surface area contributed by atoms with Gasteiger partial charge in [0.15, 0.2) is 5.82 Å². The van der Waals surface area contributed by atoms with E-state index in [-0.39, 0.29) is 0 Å². The lowest BCUT2D eigenvalue weighted by molar-refractivity contribution is 0.226. The van der Waals surface area contributed by atoms with Crippen LogP contribution in [-0.4, -0.2) is 47.1 Å². The smallest absolute Gasteiger partial charge is 0.224 e. The van der Waals surface area contributed by atoms with E-state index >= 15 is 0 Å². The van der Waals surface area contributed by atoms with E-state index in [2.05, 4.69) is 32.4 Å². The summed E-state index contributed by atoms with van der Waals surface area (Å²) in [5.41, 5.74) is 0. The standard InChI is InChI=1S/C13H22ClN5/c1-3-15-13-16-8-11(14)12(18-13)17-10-6-5-7-19(4-2)9-10/h8,10H,3-7,9H2,1-2H3,(H2,15,16,17,18). The summed E-state index contributed by atoms with van der Waals surface area (Å²) in [5, 5.41) is 7.13. The van der Waals surface area contributed by atoms with Gasteiger partial charge in [-0.25, -0.2) is 4.98 Å². The SMILES string of the molecule is CCNc1ncc(Cl)c(NC2CCCN(CC)C2)n1. The van der Waals surface area contributed by atoms with Crippen molar-refractivity contribution in [3.8, 4) is 0 Å². The largest absolute Gasteiger partial charge is 0.365 e. The fourth-order valence-corrected chi connectivity index (χ4v) is 2.51. The molecule has 1 aliphatic rings. The van der Waals surface area contributed by atoms with Crippen LogP contribution in [0.1, 0.15) is 26.7 Å². The van der Waals surface area contributed by atoms with Gasteiger partial charge in [0, 0.05) is 19.1 Å². The van der Waals surface area contributed by atoms with Crippen molar-refractivity contribution in [2.75, 3.05) is 36.8 Å². The average molecular weight is 284 g/mol. The van der Waals surface area contributed by atoms with Crippen molar-refractivity contribution >= 4 is 23.4 Å². The Hall–Kier alpha value is -1.07. The zero-order chi connectivity index (χ0) is 13.7. The number of nitrogens with one attached hydrogen (secondary N) is 2. The van der Waals surface area contributed by atoms with Crippen molar-refractivity contribution < 1.29 is 0 Å². The molecule has 2 rings (SSSR count). The number of hydrogen-bond donors (Lipinski definition) is 2. The van der Waals surface area contributed by atoms with Gasteiger partial charge in [-0.2, -0.15) is 4.98 Å². The summed E-state index contributed by atoms with van der Waals surface area (Å²) < 4.78 is 0. The highest BCUT2D eigenvalue weighted by Crippen LogP contribution is 2.22. The molecule has 1 fully saturated rings. The van der Waals surface area contributed by atoms with Gasteiger partial charge in [-0.1, -0.05) is 18.5 Å². The quantitative estimate of drug-likeness (QED) is 0.869. The molecule has 0 aromatic carbocycles. The van der Waals surface area contributed by atoms with Crippen molar-refractivity contribution in [3.05, 3.63) is 11.2 Å². The van der Waals surface area contributed by atoms with E-state index in [1.54, 1.807) is 6.20 Å². The van der Waals surface area contributed by atoms with E-state index < -0.39 is 0 Å². The molecule has 0 spiro atoms. The van der Waals surface area contributed by atoms with Gasteiger partial charge in [-0.15, -0.1) is 0 Å². The first-order valence-electron chi connectivity index (χ1n) is 6.98. The predicted molar refractivity (Wildman–Crippen MR) is 80.0 cm³/mol. The molecule has 1 saturated heterocycles. The monoisotopic (exact) mass is 283 g/mol. The lowest BCUT2D eigenvalue weighted by Gasteiger charge is -2.32. The van der Waals surface area contributed by atoms with Gasteiger partial charge in [0.2, 0.25) is 5.95 Å². The average Bonchev–Trinajstić information content (AvgIpc) is 2.43. The third-order valence-electron chi connectivity index (χ3n) is 3.37. The molecular formula is C13H22ClN5. The summed E-state index contributed by atoms with van der Waals surface area (Å²) in [6.45, 7) is 8.35. The van der Waals surface area contributed by atoms with Crippen LogP contribution < -0.4 is 10.6 Å². The Morgan fingerprint density at radius 1 is 1.47 bits per heavy atom. The molecule has 19 heavy (non-hydrogen) atoms. The lowest BCUT2D eigenvalue weighted by atomic mass is 10.1. The summed E-state index contributed by atoms with van der Waals surface area (Å²) in [7, 11) is 0. The highest BCUT2D eigenvalue weighted by atomic mass is 35.5. The topological polar surface area (TPSA) is 53.1 Å². The molecule has 1 aromatic rings. The molecule has 6 heteroatoms. The van der Waals surface area contributed by atoms with Gasteiger partial charge < -0.3 is 15.5 Å². The normalized spacial score (nSPS) is 20.3. The summed E-state index contributed by atoms with van der Waals surface area (Å²) in [6.07, 6.45) is 4.02. The summed E-state index contributed by atoms with van der Waals surface area (Å²) in [6, 6.07) is 0.413. The molecule has 1 aliphatic heterocycles. The third-order valence-corrected chi connectivity index (χ3v) is 3.65. The number of hydrogen-bond acceptors (Lipinski definition) is 5. The number of anilines is 2. The van der Waals surface area contributed by atoms with Crippen molar-refractivity contribution in [2.24, 2.45) is 0 Å². The van der Waals surface area contributed by atoms with Crippen molar-refractivity contribution in [3.63, 3.8) is 0 Å². The number of aromatic nitrogens is 2. The van der Waals surface area contributed by atoms with Crippen LogP contribution in [0.3, 0.4) is 0 Å². The Morgan fingerprint density at radius 3 is 3.05 bits per heavy atom. The molecule has 1 unspecified atom stereocenters. The number of likely N-dealkylation sites (N-methyl/N-ethyl adjacent to an activating group) is 1. The predicted octanol–water partition coefficient (Wildman–Crippen LogP) is 2.46. The van der Waals surface area contributed by atoms with Crippen molar-refractivity contribution in [1.29, 1.82) is 0 Å². The van der Waals surface area contributed by atoms with Crippen LogP contribution in [0.2, 0.25) is 5.02 Å². The number of piperidine rings is 1. The van der Waals surface area contributed by atoms with Crippen LogP contribution in [0, 0.1) is 0 Å². The second-order valence-electron chi connectivity index (χ2n) is 4.80. The molecule has 0 saturated carbocycles. The highest BCUT2D eigenvalue weighted by Gasteiger charge is 2.19. The summed E-state index contributed by atoms with van der Waals surface area (Å²) >= 11 is 6.16. The van der Waals surface area contributed by atoms with E-state index in [4.69, 9.17) is 11.6 Å². The lowest BCUT2D eigenvalue weighted by Crippen LogP contribution is -2.42. The first-order valence-corrected chi connectivity index (χ1v) is 7.36. The molecule has 2 N–H and O–H groups in total. The van der Waals surface area contributed by atoms with E-state index in [1.165, 1.54) is 13.0 Å². The Morgan fingerprint density at radius 2 is 2.32 bits per heavy atom. The number of halogens is 1. The first-order chi connectivity index (χ1) is 9.22. The second kappa shape index (κ2) is 6.91. The minimum absolute atomic E-state index is 0.413. The minimum Gasteiger partial charge on any atom is -0.365 e. The maximum atomic E-state index is 6.16. The molecule has 0 aliphatic carbocycles. The molecule has 0 bridgehead atoms. The minimum atomic E-state index is 0.413. The van der Waals surface area contributed by atoms with Crippen LogP contribution in [0.4, 0.5) is 11.8 Å². The van der Waals surface area contributed by atoms with Gasteiger partial charge in [0.25, 0.3) is 0 Å². The molecule has 0 radical (unpaired) electrons. The number of likely N-dealkylation sites (tertiary alicyclic amines) is 1. The zero-order valence-electron chi connectivity index (χ0n) is 11.6. The molecule has 1 atom stereocenters. The Labute approximate surface area is 119 Å². The molecule has 106 valence electrons. The molecular weight excluding hydrogens is 262 g/mol. The van der Waals surface area contributed by atoms with Crippen LogP contribution in [0.15, 0.2) is 6.20 Å². The highest BCUT2D eigenvalue weighted by molar-refractivity contribution is 6.32. The Bertz CT molecular complexity index is 412. The van der Waals surface area contributed by atoms with Crippen molar-refractivity contribution in [2.45, 2.75) is 32.7 Å². The van der Waals surface area contributed by atoms with E-state index in [9.17, 15) is 0 Å². The fourth-order valence-electron chi connectivity index (χ4n) is 2.37. The van der Waals surface area contributed by atoms with Gasteiger partial charge >= 0.3 is 0 Å². The van der Waals surface area contributed by atoms with E-state index in [0.717, 1.165) is 31.9 Å². The van der Waals surface area contributed by atoms with Gasteiger partial charge in [-0.3, -0.25) is 0 Å². The Kier molecular flexibility index (Phi) is 5.22. The number of rotatable bonds is 5. The van der Waals surface area contributed by atoms with E-state index in [1.807, 2.05) is 6.92 Å². The zero-order valence-corrected chi connectivity index (χ0v) is 12.4. The fraction of sp³-hybridized carbons (Fsp3) is 0.692. The third kappa shape index (κ3) is 3.94. The first kappa shape index (κ1) is 14.3. The van der Waals surface area contributed by atoms with Crippen molar-refractivity contribution in [1.82, 2.24) is 14.9 Å². The van der Waals surface area contributed by atoms with Crippen LogP contribution in [0.25, 0.3) is 0 Å². The van der Waals surface area contributed by atoms with Crippen LogP contribution >= 0.6 is 11.6 Å². The summed E-state index contributed by atoms with van der Waals surface area (Å²) in [4.78, 5) is 11.0. The molecule has 0 amide bonds.